The fraction of sp³-hybridized carbons (Fsp3) is 0.900. The number of nitrogens with one attached hydrogen (secondary N) is 2. The van der Waals surface area contributed by atoms with Crippen LogP contribution in [0.5, 0.6) is 0 Å². The molecule has 7 nitrogen and oxygen atoms in total. The number of carbonyl (C=O) groups is 1. The van der Waals surface area contributed by atoms with Gasteiger partial charge in [-0.15, -0.1) is 0 Å². The van der Waals surface area contributed by atoms with Crippen LogP contribution in [0.3, 0.4) is 0 Å². The van der Waals surface area contributed by atoms with E-state index in [9.17, 15) is 4.79 Å². The third kappa shape index (κ3) is 4.57. The number of hydrogen-bond donors (Lipinski definition) is 2. The second kappa shape index (κ2) is 8.78. The van der Waals surface area contributed by atoms with Crippen LogP contribution in [-0.2, 0) is 9.53 Å². The van der Waals surface area contributed by atoms with E-state index in [-0.39, 0.29) is 0 Å². The van der Waals surface area contributed by atoms with Gasteiger partial charge in [0.2, 0.25) is 5.91 Å². The Labute approximate surface area is 162 Å². The molecule has 2 N–H and O–H groups in total. The van der Waals surface area contributed by atoms with Crippen molar-refractivity contribution in [2.24, 2.45) is 10.9 Å². The van der Waals surface area contributed by atoms with Gasteiger partial charge in [-0.1, -0.05) is 12.8 Å². The van der Waals surface area contributed by atoms with E-state index < -0.39 is 0 Å². The smallest absolute Gasteiger partial charge is 0.225 e. The van der Waals surface area contributed by atoms with Crippen LogP contribution in [0.2, 0.25) is 0 Å². The predicted octanol–water partition coefficient (Wildman–Crippen LogP) is 0.806. The number of nitrogens with zero attached hydrogens (tertiary/aromatic N) is 3. The third-order valence-electron chi connectivity index (χ3n) is 6.76. The SMILES string of the molecule is CN=C(NCCN1CCN(C(=O)C2CCCC2)CC1)NC1CC2CCC1O2. The fourth-order valence-electron chi connectivity index (χ4n) is 5.12. The normalized spacial score (nSPS) is 32.3. The van der Waals surface area contributed by atoms with Crippen LogP contribution in [-0.4, -0.2) is 86.2 Å². The summed E-state index contributed by atoms with van der Waals surface area (Å²) in [5.41, 5.74) is 0. The molecule has 0 aromatic rings. The molecule has 3 heterocycles. The van der Waals surface area contributed by atoms with Crippen LogP contribution in [0, 0.1) is 5.92 Å². The lowest BCUT2D eigenvalue weighted by Crippen LogP contribution is -2.52. The highest BCUT2D eigenvalue weighted by Crippen LogP contribution is 2.34. The van der Waals surface area contributed by atoms with E-state index in [4.69, 9.17) is 4.74 Å². The molecule has 3 atom stereocenters. The van der Waals surface area contributed by atoms with Gasteiger partial charge in [0.05, 0.1) is 18.2 Å². The summed E-state index contributed by atoms with van der Waals surface area (Å²) < 4.78 is 5.91. The number of ether oxygens (including phenoxy) is 1. The van der Waals surface area contributed by atoms with Gasteiger partial charge in [0.1, 0.15) is 0 Å². The first kappa shape index (κ1) is 19.0. The second-order valence-electron chi connectivity index (χ2n) is 8.51. The molecule has 1 amide bonds. The van der Waals surface area contributed by atoms with Crippen LogP contribution in [0.25, 0.3) is 0 Å². The van der Waals surface area contributed by atoms with Crippen molar-refractivity contribution in [3.8, 4) is 0 Å². The Balaban J connectivity index is 1.13. The number of fused-ring (bicyclic) bond motifs is 2. The average molecular weight is 378 g/mol. The highest BCUT2D eigenvalue weighted by Gasteiger charge is 2.41. The molecule has 3 aliphatic heterocycles. The quantitative estimate of drug-likeness (QED) is 0.548. The Bertz CT molecular complexity index is 540. The topological polar surface area (TPSA) is 69.2 Å². The van der Waals surface area contributed by atoms with E-state index in [1.807, 2.05) is 7.05 Å². The number of amides is 1. The monoisotopic (exact) mass is 377 g/mol. The predicted molar refractivity (Wildman–Crippen MR) is 106 cm³/mol. The van der Waals surface area contributed by atoms with Crippen molar-refractivity contribution in [3.05, 3.63) is 0 Å². The van der Waals surface area contributed by atoms with E-state index >= 15 is 0 Å². The van der Waals surface area contributed by atoms with Crippen molar-refractivity contribution in [1.29, 1.82) is 0 Å². The first-order chi connectivity index (χ1) is 13.2. The standard InChI is InChI=1S/C20H35N5O2/c1-21-20(23-17-14-16-6-7-18(17)27-16)22-8-9-24-10-12-25(13-11-24)19(26)15-4-2-3-5-15/h15-18H,2-14H2,1H3,(H2,21,22,23). The van der Waals surface area contributed by atoms with E-state index in [0.717, 1.165) is 64.5 Å². The van der Waals surface area contributed by atoms with E-state index in [0.29, 0.717) is 30.1 Å². The molecular weight excluding hydrogens is 342 g/mol. The lowest BCUT2D eigenvalue weighted by Gasteiger charge is -2.36. The summed E-state index contributed by atoms with van der Waals surface area (Å²) in [5, 5.41) is 6.97. The molecule has 1 aliphatic carbocycles. The van der Waals surface area contributed by atoms with Crippen molar-refractivity contribution in [3.63, 3.8) is 0 Å². The Kier molecular flexibility index (Phi) is 6.18. The van der Waals surface area contributed by atoms with Crippen LogP contribution >= 0.6 is 0 Å². The van der Waals surface area contributed by atoms with Gasteiger partial charge in [-0.2, -0.15) is 0 Å². The van der Waals surface area contributed by atoms with Crippen LogP contribution < -0.4 is 10.6 Å². The second-order valence-corrected chi connectivity index (χ2v) is 8.51. The summed E-state index contributed by atoms with van der Waals surface area (Å²) in [6.07, 6.45) is 8.95. The minimum Gasteiger partial charge on any atom is -0.373 e. The van der Waals surface area contributed by atoms with Crippen molar-refractivity contribution in [2.45, 2.75) is 63.2 Å². The molecule has 4 rings (SSSR count). The molecule has 0 radical (unpaired) electrons. The average Bonchev–Trinajstić information content (AvgIpc) is 3.45. The number of rotatable bonds is 5. The zero-order valence-electron chi connectivity index (χ0n) is 16.7. The molecule has 4 aliphatic rings. The third-order valence-corrected chi connectivity index (χ3v) is 6.76. The number of hydrogen-bond acceptors (Lipinski definition) is 4. The Hall–Kier alpha value is -1.34. The molecule has 0 aromatic heterocycles. The largest absolute Gasteiger partial charge is 0.373 e. The fourth-order valence-corrected chi connectivity index (χ4v) is 5.12. The lowest BCUT2D eigenvalue weighted by molar-refractivity contribution is -0.137. The molecule has 0 aromatic carbocycles. The minimum atomic E-state index is 0.308. The molecule has 2 bridgehead atoms. The zero-order valence-corrected chi connectivity index (χ0v) is 16.7. The summed E-state index contributed by atoms with van der Waals surface area (Å²) >= 11 is 0. The summed E-state index contributed by atoms with van der Waals surface area (Å²) in [7, 11) is 1.83. The maximum Gasteiger partial charge on any atom is 0.225 e. The first-order valence-electron chi connectivity index (χ1n) is 10.9. The van der Waals surface area contributed by atoms with Gasteiger partial charge in [-0.3, -0.25) is 14.7 Å². The summed E-state index contributed by atoms with van der Waals surface area (Å²) in [6, 6.07) is 0.403. The van der Waals surface area contributed by atoms with Crippen LogP contribution in [0.4, 0.5) is 0 Å². The van der Waals surface area contributed by atoms with Crippen molar-refractivity contribution >= 4 is 11.9 Å². The van der Waals surface area contributed by atoms with Gasteiger partial charge in [-0.05, 0) is 32.1 Å². The number of guanidine groups is 1. The highest BCUT2D eigenvalue weighted by atomic mass is 16.5. The summed E-state index contributed by atoms with van der Waals surface area (Å²) in [5.74, 6) is 1.59. The molecular formula is C20H35N5O2. The Morgan fingerprint density at radius 1 is 1.11 bits per heavy atom. The van der Waals surface area contributed by atoms with Gasteiger partial charge < -0.3 is 20.3 Å². The van der Waals surface area contributed by atoms with E-state index in [1.165, 1.54) is 25.7 Å². The van der Waals surface area contributed by atoms with Crippen LogP contribution in [0.1, 0.15) is 44.9 Å². The van der Waals surface area contributed by atoms with Crippen molar-refractivity contribution in [2.75, 3.05) is 46.3 Å². The number of piperazine rings is 1. The van der Waals surface area contributed by atoms with Crippen molar-refractivity contribution in [1.82, 2.24) is 20.4 Å². The van der Waals surface area contributed by atoms with Gasteiger partial charge >= 0.3 is 0 Å². The molecule has 3 unspecified atom stereocenters. The summed E-state index contributed by atoms with van der Waals surface area (Å²) in [4.78, 5) is 21.4. The number of carbonyl (C=O) groups excluding carboxylic acids is 1. The van der Waals surface area contributed by atoms with Crippen LogP contribution in [0.15, 0.2) is 4.99 Å². The lowest BCUT2D eigenvalue weighted by atomic mass is 9.96. The van der Waals surface area contributed by atoms with Gasteiger partial charge in [0, 0.05) is 52.2 Å². The molecule has 0 spiro atoms. The molecule has 3 saturated heterocycles. The molecule has 4 fully saturated rings. The van der Waals surface area contributed by atoms with Crippen molar-refractivity contribution < 1.29 is 9.53 Å². The Morgan fingerprint density at radius 3 is 2.52 bits per heavy atom. The minimum absolute atomic E-state index is 0.308. The van der Waals surface area contributed by atoms with Gasteiger partial charge in [0.25, 0.3) is 0 Å². The highest BCUT2D eigenvalue weighted by molar-refractivity contribution is 5.80. The number of aliphatic imine (C=N–C) groups is 1. The van der Waals surface area contributed by atoms with E-state index in [2.05, 4.69) is 25.4 Å². The van der Waals surface area contributed by atoms with Gasteiger partial charge in [-0.25, -0.2) is 0 Å². The Morgan fingerprint density at radius 2 is 1.89 bits per heavy atom. The maximum absolute atomic E-state index is 12.5. The van der Waals surface area contributed by atoms with E-state index in [1.54, 1.807) is 0 Å². The first-order valence-corrected chi connectivity index (χ1v) is 10.9. The van der Waals surface area contributed by atoms with Gasteiger partial charge in [0.15, 0.2) is 5.96 Å². The molecule has 1 saturated carbocycles. The maximum atomic E-state index is 12.5. The molecule has 152 valence electrons. The molecule has 27 heavy (non-hydrogen) atoms. The summed E-state index contributed by atoms with van der Waals surface area (Å²) in [6.45, 7) is 5.58. The molecule has 7 heteroatoms. The zero-order chi connectivity index (χ0) is 18.6.